The summed E-state index contributed by atoms with van der Waals surface area (Å²) in [5.74, 6) is -1.39. The third-order valence-corrected chi connectivity index (χ3v) is 3.92. The normalized spacial score (nSPS) is 10.8. The van der Waals surface area contributed by atoms with Gasteiger partial charge in [0.1, 0.15) is 0 Å². The van der Waals surface area contributed by atoms with Crippen LogP contribution in [0.1, 0.15) is 21.6 Å². The van der Waals surface area contributed by atoms with Crippen LogP contribution in [0.4, 0.5) is 5.69 Å². The van der Waals surface area contributed by atoms with Gasteiger partial charge in [-0.3, -0.25) is 9.36 Å². The summed E-state index contributed by atoms with van der Waals surface area (Å²) in [5.41, 5.74) is 8.61. The minimum Gasteiger partial charge on any atom is -0.550 e. The Morgan fingerprint density at radius 2 is 1.74 bits per heavy atom. The molecule has 1 heterocycles. The first-order chi connectivity index (χ1) is 11.0. The second kappa shape index (κ2) is 5.61. The van der Waals surface area contributed by atoms with Gasteiger partial charge >= 0.3 is 0 Å². The highest BCUT2D eigenvalue weighted by atomic mass is 16.4. The highest BCUT2D eigenvalue weighted by Gasteiger charge is 2.19. The lowest BCUT2D eigenvalue weighted by Crippen LogP contribution is -2.24. The number of carbonyl (C=O) groups excluding carboxylic acids is 2. The van der Waals surface area contributed by atoms with Gasteiger partial charge in [0.05, 0.1) is 5.52 Å². The summed E-state index contributed by atoms with van der Waals surface area (Å²) in [5, 5.41) is 11.8. The first kappa shape index (κ1) is 14.8. The van der Waals surface area contributed by atoms with E-state index in [0.29, 0.717) is 28.0 Å². The number of carboxylic acid groups (broad SMARTS) is 1. The molecule has 1 aromatic heterocycles. The van der Waals surface area contributed by atoms with Crippen LogP contribution >= 0.6 is 0 Å². The predicted octanol–water partition coefficient (Wildman–Crippen LogP) is 1.51. The van der Waals surface area contributed by atoms with Crippen LogP contribution < -0.4 is 10.8 Å². The number of carbonyl (C=O) groups is 2. The molecule has 0 aliphatic carbocycles. The van der Waals surface area contributed by atoms with Crippen molar-refractivity contribution in [2.45, 2.75) is 13.3 Å². The van der Waals surface area contributed by atoms with Crippen LogP contribution in [0, 0.1) is 6.92 Å². The van der Waals surface area contributed by atoms with Crippen LogP contribution in [-0.2, 0) is 11.2 Å². The van der Waals surface area contributed by atoms with Gasteiger partial charge in [-0.2, -0.15) is 0 Å². The van der Waals surface area contributed by atoms with Crippen LogP contribution in [-0.4, -0.2) is 16.4 Å². The molecule has 3 aromatic rings. The van der Waals surface area contributed by atoms with Crippen LogP contribution in [0.5, 0.6) is 0 Å². The molecule has 0 radical (unpaired) electrons. The first-order valence-corrected chi connectivity index (χ1v) is 7.18. The van der Waals surface area contributed by atoms with E-state index in [4.69, 9.17) is 5.73 Å². The Morgan fingerprint density at radius 1 is 1.09 bits per heavy atom. The first-order valence-electron chi connectivity index (χ1n) is 7.18. The molecular weight excluding hydrogens is 292 g/mol. The third-order valence-electron chi connectivity index (χ3n) is 3.92. The van der Waals surface area contributed by atoms with Gasteiger partial charge in [-0.15, -0.1) is 0 Å². The maximum absolute atomic E-state index is 12.9. The zero-order valence-electron chi connectivity index (χ0n) is 12.6. The lowest BCUT2D eigenvalue weighted by atomic mass is 10.1. The van der Waals surface area contributed by atoms with Crippen molar-refractivity contribution in [3.8, 4) is 0 Å². The van der Waals surface area contributed by atoms with Crippen molar-refractivity contribution >= 4 is 28.5 Å². The Hall–Kier alpha value is -3.08. The maximum Gasteiger partial charge on any atom is 0.262 e. The molecule has 0 aliphatic heterocycles. The molecule has 0 fully saturated rings. The van der Waals surface area contributed by atoms with Crippen LogP contribution in [0.3, 0.4) is 0 Å². The number of aliphatic carboxylic acids is 1. The van der Waals surface area contributed by atoms with Crippen molar-refractivity contribution in [3.05, 3.63) is 65.4 Å². The summed E-state index contributed by atoms with van der Waals surface area (Å²) >= 11 is 0. The number of rotatable bonds is 3. The molecule has 0 spiro atoms. The molecule has 0 saturated carbocycles. The fraction of sp³-hybridized carbons (Fsp3) is 0.111. The van der Waals surface area contributed by atoms with Gasteiger partial charge in [-0.25, -0.2) is 0 Å². The van der Waals surface area contributed by atoms with Gasteiger partial charge in [-0.05, 0) is 42.8 Å². The summed E-state index contributed by atoms with van der Waals surface area (Å²) in [4.78, 5) is 23.9. The highest BCUT2D eigenvalue weighted by Crippen LogP contribution is 2.27. The molecule has 3 rings (SSSR count). The van der Waals surface area contributed by atoms with Gasteiger partial charge in [-0.1, -0.05) is 18.2 Å². The van der Waals surface area contributed by atoms with Gasteiger partial charge in [0.25, 0.3) is 5.91 Å². The van der Waals surface area contributed by atoms with Gasteiger partial charge in [0, 0.05) is 34.7 Å². The standard InChI is InChI=1S/C18H16N2O3/c1-11-15(10-17(21)22)14-4-2-3-5-16(14)20(11)18(23)12-6-8-13(19)9-7-12/h2-9H,10,19H2,1H3,(H,21,22)/p-1. The number of benzene rings is 2. The van der Waals surface area contributed by atoms with E-state index in [-0.39, 0.29) is 12.3 Å². The zero-order chi connectivity index (χ0) is 16.6. The minimum absolute atomic E-state index is 0.219. The van der Waals surface area contributed by atoms with E-state index in [1.807, 2.05) is 18.2 Å². The molecule has 0 aliphatic rings. The van der Waals surface area contributed by atoms with E-state index in [2.05, 4.69) is 0 Å². The second-order valence-corrected chi connectivity index (χ2v) is 5.39. The molecule has 0 saturated heterocycles. The summed E-state index contributed by atoms with van der Waals surface area (Å²) in [7, 11) is 0. The Bertz CT molecular complexity index is 908. The van der Waals surface area contributed by atoms with Crippen molar-refractivity contribution < 1.29 is 14.7 Å². The molecule has 116 valence electrons. The van der Waals surface area contributed by atoms with Crippen molar-refractivity contribution in [1.82, 2.24) is 4.57 Å². The molecule has 5 heteroatoms. The average Bonchev–Trinajstić information content (AvgIpc) is 2.80. The fourth-order valence-corrected chi connectivity index (χ4v) is 2.82. The zero-order valence-corrected chi connectivity index (χ0v) is 12.6. The van der Waals surface area contributed by atoms with E-state index in [1.54, 1.807) is 41.8 Å². The van der Waals surface area contributed by atoms with Gasteiger partial charge < -0.3 is 15.6 Å². The molecule has 2 N–H and O–H groups in total. The highest BCUT2D eigenvalue weighted by molar-refractivity contribution is 6.04. The summed E-state index contributed by atoms with van der Waals surface area (Å²) in [6, 6.07) is 13.9. The Morgan fingerprint density at radius 3 is 2.39 bits per heavy atom. The quantitative estimate of drug-likeness (QED) is 0.743. The number of hydrogen-bond acceptors (Lipinski definition) is 4. The number of carboxylic acids is 1. The van der Waals surface area contributed by atoms with E-state index in [1.165, 1.54) is 0 Å². The third kappa shape index (κ3) is 2.57. The van der Waals surface area contributed by atoms with Crippen molar-refractivity contribution in [2.24, 2.45) is 0 Å². The Balaban J connectivity index is 2.21. The number of aromatic nitrogens is 1. The summed E-state index contributed by atoms with van der Waals surface area (Å²) in [6.45, 7) is 1.74. The van der Waals surface area contributed by atoms with E-state index in [9.17, 15) is 14.7 Å². The number of nitrogens with two attached hydrogens (primary N) is 1. The van der Waals surface area contributed by atoms with E-state index < -0.39 is 5.97 Å². The smallest absolute Gasteiger partial charge is 0.262 e. The van der Waals surface area contributed by atoms with Gasteiger partial charge in [0.15, 0.2) is 0 Å². The second-order valence-electron chi connectivity index (χ2n) is 5.39. The Labute approximate surface area is 133 Å². The van der Waals surface area contributed by atoms with Crippen molar-refractivity contribution in [1.29, 1.82) is 0 Å². The fourth-order valence-electron chi connectivity index (χ4n) is 2.82. The molecule has 0 amide bonds. The largest absolute Gasteiger partial charge is 0.550 e. The number of fused-ring (bicyclic) bond motifs is 1. The molecule has 0 atom stereocenters. The molecule has 0 bridgehead atoms. The molecule has 0 unspecified atom stereocenters. The van der Waals surface area contributed by atoms with Crippen LogP contribution in [0.15, 0.2) is 48.5 Å². The van der Waals surface area contributed by atoms with E-state index in [0.717, 1.165) is 5.39 Å². The molecule has 2 aromatic carbocycles. The molecular formula is C18H15N2O3-. The van der Waals surface area contributed by atoms with Crippen LogP contribution in [0.2, 0.25) is 0 Å². The van der Waals surface area contributed by atoms with Gasteiger partial charge in [0.2, 0.25) is 0 Å². The summed E-state index contributed by atoms with van der Waals surface area (Å²) < 4.78 is 1.54. The lowest BCUT2D eigenvalue weighted by Gasteiger charge is -2.08. The molecule has 23 heavy (non-hydrogen) atoms. The van der Waals surface area contributed by atoms with E-state index >= 15 is 0 Å². The minimum atomic E-state index is -1.17. The Kier molecular flexibility index (Phi) is 3.62. The number of nitrogens with zero attached hydrogens (tertiary/aromatic N) is 1. The predicted molar refractivity (Wildman–Crippen MR) is 86.0 cm³/mol. The van der Waals surface area contributed by atoms with Crippen molar-refractivity contribution in [3.63, 3.8) is 0 Å². The van der Waals surface area contributed by atoms with Crippen molar-refractivity contribution in [2.75, 3.05) is 5.73 Å². The lowest BCUT2D eigenvalue weighted by molar-refractivity contribution is -0.304. The summed E-state index contributed by atoms with van der Waals surface area (Å²) in [6.07, 6.45) is -0.228. The monoisotopic (exact) mass is 307 g/mol. The number of anilines is 1. The number of nitrogen functional groups attached to an aromatic ring is 1. The molecule has 5 nitrogen and oxygen atoms in total. The average molecular weight is 307 g/mol. The number of hydrogen-bond donors (Lipinski definition) is 1. The van der Waals surface area contributed by atoms with Crippen LogP contribution in [0.25, 0.3) is 10.9 Å². The maximum atomic E-state index is 12.9. The SMILES string of the molecule is Cc1c(CC(=O)[O-])c2ccccc2n1C(=O)c1ccc(N)cc1. The topological polar surface area (TPSA) is 88.1 Å². The number of para-hydroxylation sites is 1.